The van der Waals surface area contributed by atoms with E-state index in [4.69, 9.17) is 5.73 Å². The van der Waals surface area contributed by atoms with Crippen molar-refractivity contribution in [2.45, 2.75) is 18.6 Å². The van der Waals surface area contributed by atoms with Crippen LogP contribution in [0.1, 0.15) is 17.2 Å². The van der Waals surface area contributed by atoms with Crippen LogP contribution in [0, 0.1) is 0 Å². The highest BCUT2D eigenvalue weighted by molar-refractivity contribution is 5.41. The monoisotopic (exact) mass is 259 g/mol. The van der Waals surface area contributed by atoms with Crippen molar-refractivity contribution < 1.29 is 15.3 Å². The number of aromatic hydroxyl groups is 2. The predicted octanol–water partition coefficient (Wildman–Crippen LogP) is 1.70. The molecule has 0 aliphatic heterocycles. The standard InChI is InChI=1S/C15H17NO3/c16-15(12-7-6-11(17)9-13(12)18)14(19)8-10-4-2-1-3-5-10/h1-7,9,14-15,17-19H,8,16H2/t14-,15+/m1/s1. The van der Waals surface area contributed by atoms with E-state index in [1.54, 1.807) is 0 Å². The number of benzene rings is 2. The first-order chi connectivity index (χ1) is 9.08. The number of nitrogens with two attached hydrogens (primary N) is 1. The van der Waals surface area contributed by atoms with Crippen LogP contribution >= 0.6 is 0 Å². The Labute approximate surface area is 111 Å². The first-order valence-electron chi connectivity index (χ1n) is 6.07. The third kappa shape index (κ3) is 3.24. The summed E-state index contributed by atoms with van der Waals surface area (Å²) in [4.78, 5) is 0. The summed E-state index contributed by atoms with van der Waals surface area (Å²) >= 11 is 0. The van der Waals surface area contributed by atoms with Crippen LogP contribution in [-0.2, 0) is 6.42 Å². The molecule has 0 radical (unpaired) electrons. The molecule has 4 heteroatoms. The zero-order chi connectivity index (χ0) is 13.8. The third-order valence-corrected chi connectivity index (χ3v) is 3.08. The van der Waals surface area contributed by atoms with Gasteiger partial charge in [0.05, 0.1) is 12.1 Å². The minimum Gasteiger partial charge on any atom is -0.508 e. The van der Waals surface area contributed by atoms with Crippen LogP contribution in [0.2, 0.25) is 0 Å². The second kappa shape index (κ2) is 5.73. The minimum atomic E-state index is -0.808. The van der Waals surface area contributed by atoms with Crippen molar-refractivity contribution in [1.82, 2.24) is 0 Å². The van der Waals surface area contributed by atoms with E-state index in [0.717, 1.165) is 5.56 Å². The van der Waals surface area contributed by atoms with Gasteiger partial charge in [-0.15, -0.1) is 0 Å². The van der Waals surface area contributed by atoms with E-state index in [2.05, 4.69) is 0 Å². The van der Waals surface area contributed by atoms with Gasteiger partial charge < -0.3 is 21.1 Å². The summed E-state index contributed by atoms with van der Waals surface area (Å²) in [6.07, 6.45) is -0.402. The van der Waals surface area contributed by atoms with Gasteiger partial charge in [0, 0.05) is 18.1 Å². The summed E-state index contributed by atoms with van der Waals surface area (Å²) < 4.78 is 0. The van der Waals surface area contributed by atoms with E-state index in [9.17, 15) is 15.3 Å². The van der Waals surface area contributed by atoms with Gasteiger partial charge in [-0.25, -0.2) is 0 Å². The highest BCUT2D eigenvalue weighted by atomic mass is 16.3. The molecular formula is C15H17NO3. The van der Waals surface area contributed by atoms with E-state index in [-0.39, 0.29) is 11.5 Å². The van der Waals surface area contributed by atoms with Gasteiger partial charge in [0.2, 0.25) is 0 Å². The Morgan fingerprint density at radius 1 is 1.00 bits per heavy atom. The van der Waals surface area contributed by atoms with Gasteiger partial charge in [0.15, 0.2) is 0 Å². The molecule has 2 aromatic rings. The fraction of sp³-hybridized carbons (Fsp3) is 0.200. The highest BCUT2D eigenvalue weighted by Crippen LogP contribution is 2.29. The summed E-state index contributed by atoms with van der Waals surface area (Å²) in [6.45, 7) is 0. The average molecular weight is 259 g/mol. The lowest BCUT2D eigenvalue weighted by Crippen LogP contribution is -2.28. The molecule has 2 aromatic carbocycles. The van der Waals surface area contributed by atoms with Crippen LogP contribution < -0.4 is 5.73 Å². The van der Waals surface area contributed by atoms with Gasteiger partial charge in [0.1, 0.15) is 11.5 Å². The van der Waals surface area contributed by atoms with Crippen molar-refractivity contribution in [3.8, 4) is 11.5 Å². The smallest absolute Gasteiger partial charge is 0.124 e. The fourth-order valence-electron chi connectivity index (χ4n) is 2.00. The average Bonchev–Trinajstić information content (AvgIpc) is 2.39. The lowest BCUT2D eigenvalue weighted by atomic mass is 9.96. The Morgan fingerprint density at radius 3 is 2.32 bits per heavy atom. The van der Waals surface area contributed by atoms with Gasteiger partial charge in [-0.2, -0.15) is 0 Å². The van der Waals surface area contributed by atoms with E-state index in [1.165, 1.54) is 18.2 Å². The van der Waals surface area contributed by atoms with Crippen molar-refractivity contribution in [2.24, 2.45) is 5.73 Å². The van der Waals surface area contributed by atoms with E-state index < -0.39 is 12.1 Å². The number of phenolic OH excluding ortho intramolecular Hbond substituents is 2. The van der Waals surface area contributed by atoms with Crippen LogP contribution in [-0.4, -0.2) is 21.4 Å². The number of aliphatic hydroxyl groups is 1. The molecule has 0 saturated carbocycles. The van der Waals surface area contributed by atoms with Crippen LogP contribution in [0.4, 0.5) is 0 Å². The summed E-state index contributed by atoms with van der Waals surface area (Å²) in [6, 6.07) is 13.0. The van der Waals surface area contributed by atoms with Crippen molar-refractivity contribution in [3.05, 3.63) is 59.7 Å². The maximum absolute atomic E-state index is 10.1. The lowest BCUT2D eigenvalue weighted by molar-refractivity contribution is 0.143. The number of hydrogen-bond acceptors (Lipinski definition) is 4. The Kier molecular flexibility index (Phi) is 4.04. The Morgan fingerprint density at radius 2 is 1.68 bits per heavy atom. The fourth-order valence-corrected chi connectivity index (χ4v) is 2.00. The van der Waals surface area contributed by atoms with Crippen molar-refractivity contribution in [2.75, 3.05) is 0 Å². The molecule has 0 aliphatic carbocycles. The molecule has 0 amide bonds. The maximum atomic E-state index is 10.1. The van der Waals surface area contributed by atoms with Gasteiger partial charge >= 0.3 is 0 Å². The minimum absolute atomic E-state index is 0.0361. The van der Waals surface area contributed by atoms with Crippen molar-refractivity contribution in [1.29, 1.82) is 0 Å². The molecule has 0 unspecified atom stereocenters. The number of phenols is 2. The zero-order valence-electron chi connectivity index (χ0n) is 10.4. The van der Waals surface area contributed by atoms with Gasteiger partial charge in [-0.1, -0.05) is 30.3 Å². The molecule has 2 atom stereocenters. The molecule has 19 heavy (non-hydrogen) atoms. The number of hydrogen-bond donors (Lipinski definition) is 4. The quantitative estimate of drug-likeness (QED) is 0.673. The summed E-state index contributed by atoms with van der Waals surface area (Å²) in [5.41, 5.74) is 7.34. The molecule has 0 bridgehead atoms. The van der Waals surface area contributed by atoms with E-state index >= 15 is 0 Å². The molecule has 0 fully saturated rings. The van der Waals surface area contributed by atoms with Gasteiger partial charge in [-0.3, -0.25) is 0 Å². The molecule has 0 aromatic heterocycles. The number of rotatable bonds is 4. The molecule has 0 spiro atoms. The Bertz CT molecular complexity index is 542. The van der Waals surface area contributed by atoms with Gasteiger partial charge in [-0.05, 0) is 17.7 Å². The molecular weight excluding hydrogens is 242 g/mol. The third-order valence-electron chi connectivity index (χ3n) is 3.08. The molecule has 2 rings (SSSR count). The first kappa shape index (κ1) is 13.4. The molecule has 4 nitrogen and oxygen atoms in total. The second-order valence-electron chi connectivity index (χ2n) is 4.53. The topological polar surface area (TPSA) is 86.7 Å². The van der Waals surface area contributed by atoms with Gasteiger partial charge in [0.25, 0.3) is 0 Å². The lowest BCUT2D eigenvalue weighted by Gasteiger charge is -2.20. The van der Waals surface area contributed by atoms with Crippen molar-refractivity contribution >= 4 is 0 Å². The summed E-state index contributed by atoms with van der Waals surface area (Å²) in [7, 11) is 0. The molecule has 100 valence electrons. The first-order valence-corrected chi connectivity index (χ1v) is 6.07. The summed E-state index contributed by atoms with van der Waals surface area (Å²) in [5, 5.41) is 29.1. The Balaban J connectivity index is 2.12. The largest absolute Gasteiger partial charge is 0.508 e. The van der Waals surface area contributed by atoms with Crippen LogP contribution in [0.5, 0.6) is 11.5 Å². The van der Waals surface area contributed by atoms with Crippen LogP contribution in [0.25, 0.3) is 0 Å². The molecule has 0 heterocycles. The maximum Gasteiger partial charge on any atom is 0.124 e. The SMILES string of the molecule is N[C@@H](c1ccc(O)cc1O)[C@H](O)Cc1ccccc1. The van der Waals surface area contributed by atoms with Crippen molar-refractivity contribution in [3.63, 3.8) is 0 Å². The number of aliphatic hydroxyl groups excluding tert-OH is 1. The van der Waals surface area contributed by atoms with E-state index in [0.29, 0.717) is 12.0 Å². The van der Waals surface area contributed by atoms with Crippen LogP contribution in [0.3, 0.4) is 0 Å². The normalized spacial score (nSPS) is 14.0. The van der Waals surface area contributed by atoms with E-state index in [1.807, 2.05) is 30.3 Å². The highest BCUT2D eigenvalue weighted by Gasteiger charge is 2.20. The molecule has 5 N–H and O–H groups in total. The van der Waals surface area contributed by atoms with Crippen LogP contribution in [0.15, 0.2) is 48.5 Å². The Hall–Kier alpha value is -2.04. The second-order valence-corrected chi connectivity index (χ2v) is 4.53. The predicted molar refractivity (Wildman–Crippen MR) is 72.9 cm³/mol. The molecule has 0 saturated heterocycles. The zero-order valence-corrected chi connectivity index (χ0v) is 10.4. The summed E-state index contributed by atoms with van der Waals surface area (Å²) in [5.74, 6) is -0.148. The molecule has 0 aliphatic rings.